The number of imidazole rings is 1. The van der Waals surface area contributed by atoms with Crippen molar-refractivity contribution >= 4 is 34.2 Å². The molecular formula is C19H15FN4O2S. The minimum atomic E-state index is -0.322. The summed E-state index contributed by atoms with van der Waals surface area (Å²) in [5.41, 5.74) is 2.25. The van der Waals surface area contributed by atoms with Gasteiger partial charge in [0.15, 0.2) is 0 Å². The molecule has 0 saturated carbocycles. The lowest BCUT2D eigenvalue weighted by Crippen LogP contribution is -2.12. The number of aromatic nitrogens is 3. The van der Waals surface area contributed by atoms with Crippen molar-refractivity contribution in [2.45, 2.75) is 13.5 Å². The third kappa shape index (κ3) is 3.80. The Balaban J connectivity index is 1.45. The topological polar surface area (TPSA) is 79.9 Å². The molecule has 0 radical (unpaired) electrons. The number of para-hydroxylation sites is 2. The Labute approximate surface area is 158 Å². The first-order valence-electron chi connectivity index (χ1n) is 8.19. The van der Waals surface area contributed by atoms with E-state index in [1.54, 1.807) is 19.1 Å². The van der Waals surface area contributed by atoms with Crippen LogP contribution < -0.4 is 10.1 Å². The zero-order valence-corrected chi connectivity index (χ0v) is 15.1. The second kappa shape index (κ2) is 7.16. The summed E-state index contributed by atoms with van der Waals surface area (Å²) in [6, 6.07) is 13.3. The number of halogens is 1. The summed E-state index contributed by atoms with van der Waals surface area (Å²) in [5.74, 6) is 0.324. The van der Waals surface area contributed by atoms with Gasteiger partial charge in [-0.2, -0.15) is 0 Å². The predicted molar refractivity (Wildman–Crippen MR) is 102 cm³/mol. The van der Waals surface area contributed by atoms with Crippen LogP contribution in [0.2, 0.25) is 0 Å². The highest BCUT2D eigenvalue weighted by molar-refractivity contribution is 7.13. The van der Waals surface area contributed by atoms with Gasteiger partial charge < -0.3 is 9.72 Å². The first-order chi connectivity index (χ1) is 13.1. The molecule has 0 fully saturated rings. The van der Waals surface area contributed by atoms with Gasteiger partial charge in [0.05, 0.1) is 16.7 Å². The lowest BCUT2D eigenvalue weighted by molar-refractivity contribution is 0.102. The number of hydrogen-bond acceptors (Lipinski definition) is 5. The van der Waals surface area contributed by atoms with Crippen LogP contribution in [0.3, 0.4) is 0 Å². The van der Waals surface area contributed by atoms with Crippen LogP contribution in [-0.4, -0.2) is 20.9 Å². The van der Waals surface area contributed by atoms with Crippen LogP contribution in [0.25, 0.3) is 11.0 Å². The molecule has 0 saturated heterocycles. The van der Waals surface area contributed by atoms with E-state index in [2.05, 4.69) is 20.3 Å². The number of nitrogens with one attached hydrogen (secondary N) is 2. The molecule has 0 spiro atoms. The summed E-state index contributed by atoms with van der Waals surface area (Å²) in [7, 11) is 0. The number of amides is 1. The van der Waals surface area contributed by atoms with Crippen LogP contribution in [0, 0.1) is 12.7 Å². The van der Waals surface area contributed by atoms with Crippen LogP contribution in [-0.2, 0) is 6.61 Å². The molecule has 6 nitrogen and oxygen atoms in total. The molecule has 0 aliphatic carbocycles. The number of hydrogen-bond donors (Lipinski definition) is 2. The molecule has 4 aromatic rings. The van der Waals surface area contributed by atoms with E-state index in [9.17, 15) is 9.18 Å². The number of nitrogens with zero attached hydrogens (tertiary/aromatic N) is 2. The Hall–Kier alpha value is -3.26. The molecule has 4 rings (SSSR count). The molecular weight excluding hydrogens is 367 g/mol. The van der Waals surface area contributed by atoms with Gasteiger partial charge in [-0.15, -0.1) is 11.3 Å². The Morgan fingerprint density at radius 2 is 1.96 bits per heavy atom. The standard InChI is InChI=1S/C19H15FN4O2S/c1-11-17(18(25)24-19-22-14-4-2-3-5-15(14)23-19)27-16(21-11)10-26-13-8-6-12(20)7-9-13/h2-9H,10H2,1H3,(H2,22,23,24,25). The molecule has 136 valence electrons. The zero-order chi connectivity index (χ0) is 18.8. The van der Waals surface area contributed by atoms with E-state index in [1.807, 2.05) is 24.3 Å². The molecule has 27 heavy (non-hydrogen) atoms. The number of aromatic amines is 1. The van der Waals surface area contributed by atoms with E-state index in [1.165, 1.54) is 23.5 Å². The summed E-state index contributed by atoms with van der Waals surface area (Å²) in [4.78, 5) is 24.8. The first kappa shape index (κ1) is 17.2. The van der Waals surface area contributed by atoms with Gasteiger partial charge in [-0.1, -0.05) is 12.1 Å². The molecule has 0 unspecified atom stereocenters. The Morgan fingerprint density at radius 1 is 1.19 bits per heavy atom. The Bertz CT molecular complexity index is 1070. The maximum absolute atomic E-state index is 12.9. The van der Waals surface area contributed by atoms with Crippen molar-refractivity contribution in [3.8, 4) is 5.75 Å². The zero-order valence-electron chi connectivity index (χ0n) is 14.3. The van der Waals surface area contributed by atoms with Crippen LogP contribution in [0.4, 0.5) is 10.3 Å². The molecule has 0 bridgehead atoms. The monoisotopic (exact) mass is 382 g/mol. The molecule has 0 aliphatic rings. The molecule has 8 heteroatoms. The highest BCUT2D eigenvalue weighted by atomic mass is 32.1. The minimum Gasteiger partial charge on any atom is -0.486 e. The molecule has 2 aromatic heterocycles. The summed E-state index contributed by atoms with van der Waals surface area (Å²) in [6.45, 7) is 1.97. The second-order valence-corrected chi connectivity index (χ2v) is 6.91. The third-order valence-electron chi connectivity index (χ3n) is 3.84. The lowest BCUT2D eigenvalue weighted by Gasteiger charge is -2.03. The van der Waals surface area contributed by atoms with Crippen molar-refractivity contribution in [3.63, 3.8) is 0 Å². The van der Waals surface area contributed by atoms with Crippen molar-refractivity contribution in [1.29, 1.82) is 0 Å². The number of ether oxygens (including phenoxy) is 1. The van der Waals surface area contributed by atoms with Crippen molar-refractivity contribution < 1.29 is 13.9 Å². The van der Waals surface area contributed by atoms with Gasteiger partial charge in [0.25, 0.3) is 5.91 Å². The number of aryl methyl sites for hydroxylation is 1. The van der Waals surface area contributed by atoms with Gasteiger partial charge in [-0.25, -0.2) is 14.4 Å². The van der Waals surface area contributed by atoms with Gasteiger partial charge in [-0.05, 0) is 43.3 Å². The molecule has 2 N–H and O–H groups in total. The Morgan fingerprint density at radius 3 is 2.74 bits per heavy atom. The van der Waals surface area contributed by atoms with Gasteiger partial charge in [-0.3, -0.25) is 10.1 Å². The molecule has 1 amide bonds. The highest BCUT2D eigenvalue weighted by Gasteiger charge is 2.17. The predicted octanol–water partition coefficient (Wildman–Crippen LogP) is 4.30. The number of fused-ring (bicyclic) bond motifs is 1. The van der Waals surface area contributed by atoms with Gasteiger partial charge in [0, 0.05) is 0 Å². The Kier molecular flexibility index (Phi) is 4.55. The van der Waals surface area contributed by atoms with Crippen LogP contribution in [0.5, 0.6) is 5.75 Å². The fourth-order valence-electron chi connectivity index (χ4n) is 2.58. The van der Waals surface area contributed by atoms with Gasteiger partial charge in [0.1, 0.15) is 28.1 Å². The first-order valence-corrected chi connectivity index (χ1v) is 9.01. The lowest BCUT2D eigenvalue weighted by atomic mass is 10.3. The van der Waals surface area contributed by atoms with Crippen LogP contribution in [0.1, 0.15) is 20.4 Å². The third-order valence-corrected chi connectivity index (χ3v) is 4.97. The number of benzene rings is 2. The number of carbonyl (C=O) groups excluding carboxylic acids is 1. The number of anilines is 1. The fraction of sp³-hybridized carbons (Fsp3) is 0.105. The van der Waals surface area contributed by atoms with Crippen molar-refractivity contribution in [1.82, 2.24) is 15.0 Å². The number of H-pyrrole nitrogens is 1. The van der Waals surface area contributed by atoms with Gasteiger partial charge >= 0.3 is 0 Å². The van der Waals surface area contributed by atoms with Crippen LogP contribution in [0.15, 0.2) is 48.5 Å². The van der Waals surface area contributed by atoms with Crippen molar-refractivity contribution in [3.05, 3.63) is 69.9 Å². The second-order valence-electron chi connectivity index (χ2n) is 5.82. The quantitative estimate of drug-likeness (QED) is 0.539. The average Bonchev–Trinajstić information content (AvgIpc) is 3.23. The van der Waals surface area contributed by atoms with E-state index in [0.717, 1.165) is 11.0 Å². The smallest absolute Gasteiger partial charge is 0.269 e. The highest BCUT2D eigenvalue weighted by Crippen LogP contribution is 2.22. The minimum absolute atomic E-state index is 0.203. The molecule has 2 aromatic carbocycles. The summed E-state index contributed by atoms with van der Waals surface area (Å²) in [5, 5.41) is 3.42. The van der Waals surface area contributed by atoms with E-state index in [-0.39, 0.29) is 18.3 Å². The van der Waals surface area contributed by atoms with E-state index < -0.39 is 0 Å². The maximum Gasteiger partial charge on any atom is 0.269 e. The average molecular weight is 382 g/mol. The van der Waals surface area contributed by atoms with Crippen molar-refractivity contribution in [2.24, 2.45) is 0 Å². The largest absolute Gasteiger partial charge is 0.486 e. The number of carbonyl (C=O) groups is 1. The number of rotatable bonds is 5. The summed E-state index contributed by atoms with van der Waals surface area (Å²) in [6.07, 6.45) is 0. The fourth-order valence-corrected chi connectivity index (χ4v) is 3.45. The summed E-state index contributed by atoms with van der Waals surface area (Å²) < 4.78 is 18.5. The van der Waals surface area contributed by atoms with Crippen LogP contribution >= 0.6 is 11.3 Å². The van der Waals surface area contributed by atoms with Crippen molar-refractivity contribution in [2.75, 3.05) is 5.32 Å². The van der Waals surface area contributed by atoms with E-state index in [4.69, 9.17) is 4.74 Å². The molecule has 2 heterocycles. The normalized spacial score (nSPS) is 10.9. The summed E-state index contributed by atoms with van der Waals surface area (Å²) >= 11 is 1.25. The molecule has 0 aliphatic heterocycles. The van der Waals surface area contributed by atoms with Gasteiger partial charge in [0.2, 0.25) is 5.95 Å². The molecule has 0 atom stereocenters. The van der Waals surface area contributed by atoms with E-state index in [0.29, 0.717) is 27.3 Å². The number of thiazole rings is 1. The van der Waals surface area contributed by atoms with E-state index >= 15 is 0 Å². The maximum atomic E-state index is 12.9. The SMILES string of the molecule is Cc1nc(COc2ccc(F)cc2)sc1C(=O)Nc1nc2ccccc2[nH]1.